The van der Waals surface area contributed by atoms with Crippen LogP contribution >= 0.6 is 0 Å². The molecule has 0 heterocycles. The number of aliphatic hydroxyl groups excluding tert-OH is 2. The van der Waals surface area contributed by atoms with Crippen LogP contribution in [0.1, 0.15) is 122 Å². The van der Waals surface area contributed by atoms with Crippen LogP contribution in [0.4, 0.5) is 0 Å². The molecule has 31 heavy (non-hydrogen) atoms. The van der Waals surface area contributed by atoms with E-state index in [0.29, 0.717) is 6.42 Å². The summed E-state index contributed by atoms with van der Waals surface area (Å²) in [5.74, 6) is 0. The van der Waals surface area contributed by atoms with Crippen molar-refractivity contribution in [2.24, 2.45) is 0 Å². The van der Waals surface area contributed by atoms with Crippen molar-refractivity contribution < 1.29 is 15.3 Å². The summed E-state index contributed by atoms with van der Waals surface area (Å²) in [4.78, 5) is 0. The first kappa shape index (κ1) is 28.1. The smallest absolute Gasteiger partial charge is 0.117 e. The Bertz CT molecular complexity index is 504. The lowest BCUT2D eigenvalue weighted by Gasteiger charge is -2.31. The molecule has 1 rings (SSSR count). The zero-order valence-corrected chi connectivity index (χ0v) is 20.2. The number of hydrogen-bond donors (Lipinski definition) is 3. The fourth-order valence-electron chi connectivity index (χ4n) is 4.38. The van der Waals surface area contributed by atoms with Gasteiger partial charge in [0.15, 0.2) is 0 Å². The van der Waals surface area contributed by atoms with Crippen LogP contribution in [0.5, 0.6) is 0 Å². The second-order valence-corrected chi connectivity index (χ2v) is 9.53. The summed E-state index contributed by atoms with van der Waals surface area (Å²) < 4.78 is 0. The Morgan fingerprint density at radius 2 is 1.10 bits per heavy atom. The van der Waals surface area contributed by atoms with Crippen LogP contribution in [0.3, 0.4) is 0 Å². The average molecular weight is 435 g/mol. The molecule has 0 amide bonds. The molecule has 3 nitrogen and oxygen atoms in total. The molecule has 0 aromatic heterocycles. The summed E-state index contributed by atoms with van der Waals surface area (Å²) in [5, 5.41) is 30.7. The molecule has 0 aliphatic heterocycles. The van der Waals surface area contributed by atoms with E-state index in [9.17, 15) is 15.3 Å². The van der Waals surface area contributed by atoms with Crippen LogP contribution in [0.2, 0.25) is 0 Å². The van der Waals surface area contributed by atoms with Crippen molar-refractivity contribution in [3.8, 4) is 0 Å². The maximum absolute atomic E-state index is 10.7. The molecule has 0 aliphatic carbocycles. The van der Waals surface area contributed by atoms with Gasteiger partial charge in [0.1, 0.15) is 5.60 Å². The third-order valence-corrected chi connectivity index (χ3v) is 6.58. The zero-order valence-electron chi connectivity index (χ0n) is 20.2. The van der Waals surface area contributed by atoms with E-state index in [1.807, 2.05) is 30.3 Å². The number of benzene rings is 1. The van der Waals surface area contributed by atoms with E-state index in [0.717, 1.165) is 18.4 Å². The molecular formula is C28H50O3. The second kappa shape index (κ2) is 18.7. The highest BCUT2D eigenvalue weighted by Gasteiger charge is 2.34. The van der Waals surface area contributed by atoms with Crippen LogP contribution in [0, 0.1) is 0 Å². The van der Waals surface area contributed by atoms with Gasteiger partial charge in [0, 0.05) is 6.42 Å². The van der Waals surface area contributed by atoms with Crippen molar-refractivity contribution in [1.29, 1.82) is 0 Å². The fourth-order valence-corrected chi connectivity index (χ4v) is 4.38. The molecule has 2 atom stereocenters. The van der Waals surface area contributed by atoms with Crippen LogP contribution in [-0.4, -0.2) is 33.6 Å². The molecule has 0 radical (unpaired) electrons. The number of aliphatic hydroxyl groups is 3. The van der Waals surface area contributed by atoms with Gasteiger partial charge in [0.05, 0.1) is 12.7 Å². The Hall–Kier alpha value is -0.900. The summed E-state index contributed by atoms with van der Waals surface area (Å²) in [6.45, 7) is 1.86. The molecule has 180 valence electrons. The van der Waals surface area contributed by atoms with Crippen LogP contribution in [-0.2, 0) is 6.42 Å². The van der Waals surface area contributed by atoms with Crippen LogP contribution in [0.15, 0.2) is 30.3 Å². The van der Waals surface area contributed by atoms with Crippen molar-refractivity contribution in [1.82, 2.24) is 0 Å². The van der Waals surface area contributed by atoms with Gasteiger partial charge >= 0.3 is 0 Å². The minimum Gasteiger partial charge on any atom is -0.393 e. The molecular weight excluding hydrogens is 384 g/mol. The quantitative estimate of drug-likeness (QED) is 0.183. The van der Waals surface area contributed by atoms with Gasteiger partial charge in [0.25, 0.3) is 0 Å². The maximum atomic E-state index is 10.7. The van der Waals surface area contributed by atoms with Gasteiger partial charge in [-0.1, -0.05) is 140 Å². The lowest BCUT2D eigenvalue weighted by atomic mass is 9.87. The highest BCUT2D eigenvalue weighted by Crippen LogP contribution is 2.22. The highest BCUT2D eigenvalue weighted by molar-refractivity contribution is 5.17. The van der Waals surface area contributed by atoms with E-state index in [1.165, 1.54) is 89.9 Å². The summed E-state index contributed by atoms with van der Waals surface area (Å²) >= 11 is 0. The van der Waals surface area contributed by atoms with Gasteiger partial charge in [-0.25, -0.2) is 0 Å². The SMILES string of the molecule is CCCCCCCCCCCCCCCCCCC(O)C(O)(CO)Cc1ccccc1. The van der Waals surface area contributed by atoms with E-state index in [4.69, 9.17) is 0 Å². The molecule has 0 spiro atoms. The molecule has 0 fully saturated rings. The first-order valence-corrected chi connectivity index (χ1v) is 13.2. The molecule has 3 heteroatoms. The lowest BCUT2D eigenvalue weighted by Crippen LogP contribution is -2.47. The second-order valence-electron chi connectivity index (χ2n) is 9.53. The summed E-state index contributed by atoms with van der Waals surface area (Å²) in [6, 6.07) is 9.59. The standard InChI is InChI=1S/C28H50O3/c1-2-3-4-5-6-7-8-9-10-11-12-13-14-15-16-20-23-27(30)28(31,25-29)24-26-21-18-17-19-22-26/h17-19,21-22,27,29-31H,2-16,20,23-25H2,1H3. The van der Waals surface area contributed by atoms with Gasteiger partial charge in [0.2, 0.25) is 0 Å². The Morgan fingerprint density at radius 3 is 1.52 bits per heavy atom. The normalized spacial score (nSPS) is 14.5. The van der Waals surface area contributed by atoms with Crippen LogP contribution in [0.25, 0.3) is 0 Å². The lowest BCUT2D eigenvalue weighted by molar-refractivity contribution is -0.107. The van der Waals surface area contributed by atoms with Crippen LogP contribution < -0.4 is 0 Å². The van der Waals surface area contributed by atoms with Crippen molar-refractivity contribution in [2.45, 2.75) is 134 Å². The predicted molar refractivity (Wildman–Crippen MR) is 132 cm³/mol. The van der Waals surface area contributed by atoms with Gasteiger partial charge < -0.3 is 15.3 Å². The van der Waals surface area contributed by atoms with E-state index < -0.39 is 18.3 Å². The third kappa shape index (κ3) is 14.0. The van der Waals surface area contributed by atoms with Crippen molar-refractivity contribution in [2.75, 3.05) is 6.61 Å². The Morgan fingerprint density at radius 1 is 0.677 bits per heavy atom. The van der Waals surface area contributed by atoms with E-state index >= 15 is 0 Å². The number of hydrogen-bond acceptors (Lipinski definition) is 3. The monoisotopic (exact) mass is 434 g/mol. The highest BCUT2D eigenvalue weighted by atomic mass is 16.4. The molecule has 0 saturated carbocycles. The average Bonchev–Trinajstić information content (AvgIpc) is 2.79. The topological polar surface area (TPSA) is 60.7 Å². The Kier molecular flexibility index (Phi) is 16.9. The first-order valence-electron chi connectivity index (χ1n) is 13.2. The molecule has 2 unspecified atom stereocenters. The third-order valence-electron chi connectivity index (χ3n) is 6.58. The molecule has 1 aromatic carbocycles. The molecule has 3 N–H and O–H groups in total. The zero-order chi connectivity index (χ0) is 22.6. The van der Waals surface area contributed by atoms with Crippen molar-refractivity contribution in [3.63, 3.8) is 0 Å². The largest absolute Gasteiger partial charge is 0.393 e. The van der Waals surface area contributed by atoms with E-state index in [-0.39, 0.29) is 6.42 Å². The summed E-state index contributed by atoms with van der Waals surface area (Å²) in [7, 11) is 0. The van der Waals surface area contributed by atoms with Gasteiger partial charge in [-0.15, -0.1) is 0 Å². The van der Waals surface area contributed by atoms with Gasteiger partial charge in [-0.05, 0) is 12.0 Å². The van der Waals surface area contributed by atoms with E-state index in [1.54, 1.807) is 0 Å². The minimum atomic E-state index is -1.45. The number of rotatable bonds is 21. The fraction of sp³-hybridized carbons (Fsp3) is 0.786. The van der Waals surface area contributed by atoms with Gasteiger partial charge in [-0.3, -0.25) is 0 Å². The summed E-state index contributed by atoms with van der Waals surface area (Å²) in [6.07, 6.45) is 21.1. The van der Waals surface area contributed by atoms with Crippen molar-refractivity contribution in [3.05, 3.63) is 35.9 Å². The maximum Gasteiger partial charge on any atom is 0.117 e. The minimum absolute atomic E-state index is 0.282. The van der Waals surface area contributed by atoms with Gasteiger partial charge in [-0.2, -0.15) is 0 Å². The Balaban J connectivity index is 1.95. The first-order chi connectivity index (χ1) is 15.1. The predicted octanol–water partition coefficient (Wildman–Crippen LogP) is 6.97. The van der Waals surface area contributed by atoms with E-state index in [2.05, 4.69) is 6.92 Å². The number of unbranched alkanes of at least 4 members (excludes halogenated alkanes) is 15. The van der Waals surface area contributed by atoms with Crippen molar-refractivity contribution >= 4 is 0 Å². The summed E-state index contributed by atoms with van der Waals surface area (Å²) in [5.41, 5.74) is -0.512. The molecule has 0 bridgehead atoms. The molecule has 0 saturated heterocycles. The molecule has 1 aromatic rings. The molecule has 0 aliphatic rings. The Labute approximate surface area is 192 Å².